The number of hydrogen-bond acceptors (Lipinski definition) is 6. The van der Waals surface area contributed by atoms with Crippen molar-refractivity contribution in [2.24, 2.45) is 0 Å². The van der Waals surface area contributed by atoms with Crippen LogP contribution in [0.2, 0.25) is 0 Å². The number of fused-ring (bicyclic) bond motifs is 3. The molecule has 0 amide bonds. The van der Waals surface area contributed by atoms with Crippen LogP contribution in [0.1, 0.15) is 54.9 Å². The van der Waals surface area contributed by atoms with E-state index in [-0.39, 0.29) is 6.10 Å². The van der Waals surface area contributed by atoms with E-state index in [0.29, 0.717) is 24.3 Å². The van der Waals surface area contributed by atoms with Crippen LogP contribution in [0.15, 0.2) is 31.8 Å². The molecule has 0 aromatic carbocycles. The molecule has 7 heteroatoms. The molecule has 2 aromatic rings. The Morgan fingerprint density at radius 1 is 1.28 bits per heavy atom. The third kappa shape index (κ3) is 3.94. The van der Waals surface area contributed by atoms with Crippen LogP contribution in [0.3, 0.4) is 0 Å². The van der Waals surface area contributed by atoms with E-state index in [4.69, 9.17) is 10.1 Å². The maximum absolute atomic E-state index is 10.1. The molecule has 6 nitrogen and oxygen atoms in total. The largest absolute Gasteiger partial charge is 0.474 e. The van der Waals surface area contributed by atoms with Crippen molar-refractivity contribution in [2.75, 3.05) is 0 Å². The second kappa shape index (κ2) is 8.63. The summed E-state index contributed by atoms with van der Waals surface area (Å²) in [6.07, 6.45) is 12.4. The molecule has 0 radical (unpaired) electrons. The van der Waals surface area contributed by atoms with Gasteiger partial charge in [0.2, 0.25) is 5.88 Å². The number of thiophene rings is 1. The number of aryl methyl sites for hydroxylation is 1. The lowest BCUT2D eigenvalue weighted by atomic mass is 9.92. The number of aromatic nitrogens is 2. The first-order valence-electron chi connectivity index (χ1n) is 10.3. The number of rotatable bonds is 8. The van der Waals surface area contributed by atoms with Gasteiger partial charge in [-0.05, 0) is 62.6 Å². The summed E-state index contributed by atoms with van der Waals surface area (Å²) in [4.78, 5) is 13.2. The maximum Gasteiger partial charge on any atom is 0.225 e. The van der Waals surface area contributed by atoms with Crippen LogP contribution in [0.5, 0.6) is 5.88 Å². The van der Waals surface area contributed by atoms with E-state index in [9.17, 15) is 5.11 Å². The fourth-order valence-electron chi connectivity index (χ4n) is 4.68. The van der Waals surface area contributed by atoms with Gasteiger partial charge in [0.15, 0.2) is 0 Å². The van der Waals surface area contributed by atoms with E-state index in [0.717, 1.165) is 48.7 Å². The van der Waals surface area contributed by atoms with Gasteiger partial charge in [0.25, 0.3) is 0 Å². The topological polar surface area (TPSA) is 82.3 Å². The quantitative estimate of drug-likeness (QED) is 0.381. The zero-order valence-electron chi connectivity index (χ0n) is 16.6. The molecule has 2 aliphatic rings. The Labute approximate surface area is 175 Å². The zero-order chi connectivity index (χ0) is 20.4. The van der Waals surface area contributed by atoms with Gasteiger partial charge in [-0.15, -0.1) is 17.9 Å². The van der Waals surface area contributed by atoms with Gasteiger partial charge >= 0.3 is 0 Å². The van der Waals surface area contributed by atoms with Crippen molar-refractivity contribution in [1.29, 1.82) is 5.41 Å². The van der Waals surface area contributed by atoms with Gasteiger partial charge in [0.05, 0.1) is 17.8 Å². The van der Waals surface area contributed by atoms with Crippen molar-refractivity contribution in [2.45, 2.75) is 69.1 Å². The summed E-state index contributed by atoms with van der Waals surface area (Å²) in [6, 6.07) is 0.324. The molecule has 29 heavy (non-hydrogen) atoms. The highest BCUT2D eigenvalue weighted by Crippen LogP contribution is 2.47. The van der Waals surface area contributed by atoms with Crippen molar-refractivity contribution in [3.63, 3.8) is 0 Å². The summed E-state index contributed by atoms with van der Waals surface area (Å²) in [7, 11) is 0. The molecule has 1 fully saturated rings. The molecule has 0 bridgehead atoms. The van der Waals surface area contributed by atoms with Crippen LogP contribution in [0, 0.1) is 5.41 Å². The summed E-state index contributed by atoms with van der Waals surface area (Å²) >= 11 is 1.73. The van der Waals surface area contributed by atoms with Crippen LogP contribution >= 0.6 is 11.3 Å². The normalized spacial score (nSPS) is 24.7. The van der Waals surface area contributed by atoms with Crippen LogP contribution in [0.25, 0.3) is 10.2 Å². The summed E-state index contributed by atoms with van der Waals surface area (Å²) < 4.78 is 6.40. The highest BCUT2D eigenvalue weighted by molar-refractivity contribution is 7.19. The van der Waals surface area contributed by atoms with Crippen LogP contribution in [0.4, 0.5) is 0 Å². The van der Waals surface area contributed by atoms with E-state index in [2.05, 4.69) is 23.1 Å². The smallest absolute Gasteiger partial charge is 0.225 e. The number of aliphatic hydroxyl groups is 1. The molecule has 2 N–H and O–H groups in total. The first-order chi connectivity index (χ1) is 14.1. The van der Waals surface area contributed by atoms with Crippen molar-refractivity contribution in [3.8, 4) is 5.88 Å². The molecule has 0 saturated heterocycles. The predicted molar refractivity (Wildman–Crippen MR) is 117 cm³/mol. The number of hydrogen-bond donors (Lipinski definition) is 2. The Kier molecular flexibility index (Phi) is 5.96. The highest BCUT2D eigenvalue weighted by atomic mass is 32.1. The third-order valence-electron chi connectivity index (χ3n) is 6.20. The molecule has 2 aromatic heterocycles. The number of ether oxygens (including phenoxy) is 1. The van der Waals surface area contributed by atoms with E-state index in [1.807, 2.05) is 4.90 Å². The number of nitrogens with one attached hydrogen (secondary N) is 1. The van der Waals surface area contributed by atoms with Gasteiger partial charge in [0, 0.05) is 10.9 Å². The molecule has 4 rings (SSSR count). The second-order valence-electron chi connectivity index (χ2n) is 7.88. The summed E-state index contributed by atoms with van der Waals surface area (Å²) in [6.45, 7) is 7.51. The molecule has 0 unspecified atom stereocenters. The molecule has 154 valence electrons. The zero-order valence-corrected chi connectivity index (χ0v) is 17.4. The Balaban J connectivity index is 1.54. The lowest BCUT2D eigenvalue weighted by molar-refractivity contribution is 0.124. The van der Waals surface area contributed by atoms with Gasteiger partial charge in [-0.25, -0.2) is 9.97 Å². The molecule has 0 aliphatic heterocycles. The van der Waals surface area contributed by atoms with E-state index in [1.54, 1.807) is 29.9 Å². The Morgan fingerprint density at radius 2 is 2.07 bits per heavy atom. The Bertz CT molecular complexity index is 896. The Morgan fingerprint density at radius 3 is 2.76 bits per heavy atom. The first-order valence-corrected chi connectivity index (χ1v) is 11.1. The summed E-state index contributed by atoms with van der Waals surface area (Å²) in [5, 5.41) is 18.6. The SMILES string of the molecule is C=C[C@H](O)C[C@H]1CCc2sc3ncnc(OC4CCC(N(C=C)C=N)CC4)c3c21. The first kappa shape index (κ1) is 20.0. The number of aliphatic hydroxyl groups excluding tert-OH is 1. The third-order valence-corrected chi connectivity index (χ3v) is 7.37. The Hall–Kier alpha value is -2.25. The van der Waals surface area contributed by atoms with E-state index >= 15 is 0 Å². The molecule has 2 aliphatic carbocycles. The van der Waals surface area contributed by atoms with Crippen molar-refractivity contribution in [1.82, 2.24) is 14.9 Å². The minimum absolute atomic E-state index is 0.121. The molecular weight excluding hydrogens is 384 g/mol. The molecule has 2 heterocycles. The van der Waals surface area contributed by atoms with Crippen LogP contribution < -0.4 is 4.74 Å². The lowest BCUT2D eigenvalue weighted by Crippen LogP contribution is -2.36. The molecular formula is C22H28N4O2S. The summed E-state index contributed by atoms with van der Waals surface area (Å²) in [5.74, 6) is 0.980. The van der Waals surface area contributed by atoms with E-state index < -0.39 is 6.10 Å². The maximum atomic E-state index is 10.1. The fourth-order valence-corrected chi connectivity index (χ4v) is 5.91. The van der Waals surface area contributed by atoms with Crippen molar-refractivity contribution < 1.29 is 9.84 Å². The standard InChI is InChI=1S/C22H28N4O2S/c1-3-16(27)11-14-5-10-18-19(14)20-21(24-13-25-22(20)29-18)28-17-8-6-15(7-9-17)26(4-2)12-23/h3-4,12-17,23,27H,1-2,5-11H2/t14-,15?,16+,17?/m1/s1. The average molecular weight is 413 g/mol. The summed E-state index contributed by atoms with van der Waals surface area (Å²) in [5.41, 5.74) is 1.27. The predicted octanol–water partition coefficient (Wildman–Crippen LogP) is 4.40. The molecule has 1 saturated carbocycles. The minimum Gasteiger partial charge on any atom is -0.474 e. The van der Waals surface area contributed by atoms with Gasteiger partial charge in [-0.1, -0.05) is 12.7 Å². The van der Waals surface area contributed by atoms with Gasteiger partial charge in [-0.2, -0.15) is 0 Å². The minimum atomic E-state index is -0.494. The molecule has 0 spiro atoms. The fraction of sp³-hybridized carbons (Fsp3) is 0.500. The van der Waals surface area contributed by atoms with Gasteiger partial charge in [-0.3, -0.25) is 5.41 Å². The monoisotopic (exact) mass is 412 g/mol. The van der Waals surface area contributed by atoms with Gasteiger partial charge in [0.1, 0.15) is 17.3 Å². The van der Waals surface area contributed by atoms with Crippen LogP contribution in [-0.4, -0.2) is 44.6 Å². The highest BCUT2D eigenvalue weighted by Gasteiger charge is 2.32. The molecule has 2 atom stereocenters. The lowest BCUT2D eigenvalue weighted by Gasteiger charge is -2.33. The van der Waals surface area contributed by atoms with Crippen LogP contribution in [-0.2, 0) is 6.42 Å². The van der Waals surface area contributed by atoms with Crippen molar-refractivity contribution >= 4 is 27.9 Å². The van der Waals surface area contributed by atoms with Crippen molar-refractivity contribution in [3.05, 3.63) is 42.2 Å². The van der Waals surface area contributed by atoms with Gasteiger partial charge < -0.3 is 14.7 Å². The second-order valence-corrected chi connectivity index (χ2v) is 8.96. The average Bonchev–Trinajstić information content (AvgIpc) is 3.30. The van der Waals surface area contributed by atoms with E-state index in [1.165, 1.54) is 16.8 Å². The number of nitrogens with zero attached hydrogens (tertiary/aromatic N) is 3.